The van der Waals surface area contributed by atoms with Crippen molar-refractivity contribution in [2.24, 2.45) is 0 Å². The van der Waals surface area contributed by atoms with Crippen LogP contribution in [0.25, 0.3) is 16.1 Å². The number of amidine groups is 1. The molecule has 1 aliphatic heterocycles. The summed E-state index contributed by atoms with van der Waals surface area (Å²) in [5.74, 6) is -0.318. The van der Waals surface area contributed by atoms with E-state index in [0.29, 0.717) is 16.3 Å². The van der Waals surface area contributed by atoms with Gasteiger partial charge in [-0.1, -0.05) is 6.07 Å². The molecule has 3 heterocycles. The summed E-state index contributed by atoms with van der Waals surface area (Å²) >= 11 is 2.87. The fraction of sp³-hybridized carbons (Fsp3) is 0.111. The number of thiophene rings is 1. The van der Waals surface area contributed by atoms with Gasteiger partial charge in [-0.25, -0.2) is 4.98 Å². The molecule has 1 aliphatic rings. The van der Waals surface area contributed by atoms with Crippen molar-refractivity contribution in [2.45, 2.75) is 6.36 Å². The lowest BCUT2D eigenvalue weighted by Crippen LogP contribution is -2.26. The first kappa shape index (κ1) is 18.5. The van der Waals surface area contributed by atoms with Gasteiger partial charge in [-0.3, -0.25) is 5.41 Å². The van der Waals surface area contributed by atoms with Crippen LogP contribution in [0.1, 0.15) is 5.01 Å². The normalized spacial score (nSPS) is 14.8. The second kappa shape index (κ2) is 6.95. The summed E-state index contributed by atoms with van der Waals surface area (Å²) < 4.78 is 40.7. The highest BCUT2D eigenvalue weighted by atomic mass is 32.1. The van der Waals surface area contributed by atoms with Crippen LogP contribution in [0.3, 0.4) is 0 Å². The largest absolute Gasteiger partial charge is 0.573 e. The molecule has 2 N–H and O–H groups in total. The van der Waals surface area contributed by atoms with E-state index in [2.05, 4.69) is 9.72 Å². The molecule has 0 unspecified atom stereocenters. The van der Waals surface area contributed by atoms with Crippen LogP contribution in [0.2, 0.25) is 0 Å². The number of hydrogen-bond donors (Lipinski definition) is 2. The number of thiazole rings is 1. The van der Waals surface area contributed by atoms with Crippen LogP contribution in [-0.2, 0) is 0 Å². The number of nitrogens with zero attached hydrogens (tertiary/aromatic N) is 2. The first-order valence-corrected chi connectivity index (χ1v) is 9.72. The molecule has 1 aromatic carbocycles. The molecule has 144 valence electrons. The van der Waals surface area contributed by atoms with E-state index in [4.69, 9.17) is 5.41 Å². The molecule has 0 atom stereocenters. The zero-order chi connectivity index (χ0) is 19.9. The lowest BCUT2D eigenvalue weighted by atomic mass is 10.2. The maximum atomic E-state index is 12.3. The Hall–Kier alpha value is -2.85. The third kappa shape index (κ3) is 3.60. The third-order valence-electron chi connectivity index (χ3n) is 3.98. The Labute approximate surface area is 165 Å². The van der Waals surface area contributed by atoms with Crippen molar-refractivity contribution in [3.05, 3.63) is 57.9 Å². The molecule has 10 heteroatoms. The van der Waals surface area contributed by atoms with Gasteiger partial charge in [0.2, 0.25) is 0 Å². The zero-order valence-electron chi connectivity index (χ0n) is 14.0. The molecular formula is C18H12F3N3O2S2. The van der Waals surface area contributed by atoms with Crippen molar-refractivity contribution in [3.8, 4) is 16.3 Å². The van der Waals surface area contributed by atoms with Crippen LogP contribution >= 0.6 is 22.7 Å². The van der Waals surface area contributed by atoms with Gasteiger partial charge in [-0.15, -0.1) is 35.8 Å². The van der Waals surface area contributed by atoms with Crippen LogP contribution in [0.15, 0.2) is 52.9 Å². The predicted octanol–water partition coefficient (Wildman–Crippen LogP) is 5.54. The first-order chi connectivity index (χ1) is 13.3. The molecule has 0 fully saturated rings. The Kier molecular flexibility index (Phi) is 4.60. The summed E-state index contributed by atoms with van der Waals surface area (Å²) in [6.07, 6.45) is -4.76. The fourth-order valence-electron chi connectivity index (χ4n) is 2.78. The van der Waals surface area contributed by atoms with Crippen LogP contribution in [0.4, 0.5) is 18.9 Å². The van der Waals surface area contributed by atoms with E-state index < -0.39 is 6.36 Å². The summed E-state index contributed by atoms with van der Waals surface area (Å²) in [5, 5.41) is 23.1. The van der Waals surface area contributed by atoms with Gasteiger partial charge in [-0.2, -0.15) is 0 Å². The third-order valence-corrected chi connectivity index (χ3v) is 5.73. The van der Waals surface area contributed by atoms with Crippen molar-refractivity contribution in [1.82, 2.24) is 4.98 Å². The molecule has 5 nitrogen and oxygen atoms in total. The van der Waals surface area contributed by atoms with Crippen molar-refractivity contribution in [2.75, 3.05) is 11.4 Å². The minimum absolute atomic E-state index is 0.00676. The second-order valence-electron chi connectivity index (χ2n) is 5.81. The number of aliphatic hydroxyl groups is 1. The Bertz CT molecular complexity index is 1040. The Balaban J connectivity index is 1.55. The van der Waals surface area contributed by atoms with Crippen molar-refractivity contribution < 1.29 is 23.0 Å². The number of alkyl halides is 3. The number of aliphatic hydroxyl groups excluding tert-OH is 1. The summed E-state index contributed by atoms with van der Waals surface area (Å²) in [7, 11) is 0. The molecule has 0 saturated heterocycles. The first-order valence-electron chi connectivity index (χ1n) is 7.96. The minimum atomic E-state index is -4.76. The van der Waals surface area contributed by atoms with Gasteiger partial charge in [-0.05, 0) is 35.7 Å². The number of anilines is 1. The van der Waals surface area contributed by atoms with E-state index in [-0.39, 0.29) is 23.9 Å². The van der Waals surface area contributed by atoms with Gasteiger partial charge in [0, 0.05) is 11.1 Å². The molecule has 0 radical (unpaired) electrons. The van der Waals surface area contributed by atoms with Gasteiger partial charge in [0.05, 0.1) is 22.7 Å². The minimum Gasteiger partial charge on any atom is -0.510 e. The van der Waals surface area contributed by atoms with Crippen molar-refractivity contribution in [1.29, 1.82) is 5.41 Å². The molecule has 0 amide bonds. The highest BCUT2D eigenvalue weighted by Gasteiger charge is 2.33. The number of benzene rings is 1. The average Bonchev–Trinajstić information content (AvgIpc) is 3.34. The molecular weight excluding hydrogens is 411 g/mol. The molecule has 2 aromatic heterocycles. The number of rotatable bonds is 4. The van der Waals surface area contributed by atoms with Crippen LogP contribution < -0.4 is 9.64 Å². The Morgan fingerprint density at radius 3 is 2.54 bits per heavy atom. The average molecular weight is 423 g/mol. The Morgan fingerprint density at radius 1 is 1.14 bits per heavy atom. The molecule has 0 aliphatic carbocycles. The summed E-state index contributed by atoms with van der Waals surface area (Å²) in [5.41, 5.74) is 1.56. The summed E-state index contributed by atoms with van der Waals surface area (Å²) in [6.45, 7) is 0.0432. The number of hydrogen-bond acceptors (Lipinski definition) is 6. The van der Waals surface area contributed by atoms with Crippen LogP contribution in [0.5, 0.6) is 5.75 Å². The summed E-state index contributed by atoms with van der Waals surface area (Å²) in [4.78, 5) is 7.00. The van der Waals surface area contributed by atoms with E-state index in [9.17, 15) is 18.3 Å². The number of nitrogens with one attached hydrogen (secondary N) is 1. The molecule has 0 bridgehead atoms. The molecule has 0 spiro atoms. The number of aromatic nitrogens is 1. The molecule has 3 aromatic rings. The van der Waals surface area contributed by atoms with Crippen LogP contribution in [-0.4, -0.2) is 28.8 Å². The maximum absolute atomic E-state index is 12.3. The van der Waals surface area contributed by atoms with Crippen molar-refractivity contribution in [3.63, 3.8) is 0 Å². The molecule has 4 rings (SSSR count). The highest BCUT2D eigenvalue weighted by molar-refractivity contribution is 7.14. The quantitative estimate of drug-likeness (QED) is 0.578. The monoisotopic (exact) mass is 423 g/mol. The summed E-state index contributed by atoms with van der Waals surface area (Å²) in [6, 6.07) is 9.01. The lowest BCUT2D eigenvalue weighted by molar-refractivity contribution is -0.274. The van der Waals surface area contributed by atoms with E-state index in [1.54, 1.807) is 11.3 Å². The van der Waals surface area contributed by atoms with Gasteiger partial charge >= 0.3 is 6.36 Å². The van der Waals surface area contributed by atoms with E-state index in [1.165, 1.54) is 40.5 Å². The second-order valence-corrected chi connectivity index (χ2v) is 7.62. The van der Waals surface area contributed by atoms with E-state index in [1.807, 2.05) is 22.9 Å². The standard InChI is InChI=1S/C18H12F3N3O2S2/c19-18(20,21)26-11-5-3-10(4-6-11)24-8-13(25)15(16(24)22)17-23-12(9-28-17)14-2-1-7-27-14/h1-7,9,22,25H,8H2. The molecule has 0 saturated carbocycles. The van der Waals surface area contributed by atoms with Gasteiger partial charge in [0.1, 0.15) is 22.4 Å². The van der Waals surface area contributed by atoms with E-state index in [0.717, 1.165) is 10.6 Å². The van der Waals surface area contributed by atoms with Crippen LogP contribution in [0, 0.1) is 5.41 Å². The number of ether oxygens (including phenoxy) is 1. The number of halogens is 3. The van der Waals surface area contributed by atoms with Crippen molar-refractivity contribution >= 4 is 39.8 Å². The molecule has 28 heavy (non-hydrogen) atoms. The predicted molar refractivity (Wildman–Crippen MR) is 103 cm³/mol. The van der Waals surface area contributed by atoms with Gasteiger partial charge in [0.25, 0.3) is 0 Å². The SMILES string of the molecule is N=C1C(c2nc(-c3cccs3)cs2)=C(O)CN1c1ccc(OC(F)(F)F)cc1. The lowest BCUT2D eigenvalue weighted by Gasteiger charge is -2.19. The topological polar surface area (TPSA) is 69.4 Å². The zero-order valence-corrected chi connectivity index (χ0v) is 15.7. The van der Waals surface area contributed by atoms with Gasteiger partial charge in [0.15, 0.2) is 0 Å². The Morgan fingerprint density at radius 2 is 1.89 bits per heavy atom. The van der Waals surface area contributed by atoms with E-state index >= 15 is 0 Å². The van der Waals surface area contributed by atoms with Gasteiger partial charge < -0.3 is 14.7 Å². The fourth-order valence-corrected chi connectivity index (χ4v) is 4.43. The smallest absolute Gasteiger partial charge is 0.510 e. The maximum Gasteiger partial charge on any atom is 0.573 e. The highest BCUT2D eigenvalue weighted by Crippen LogP contribution is 2.36.